The average molecular weight is 441 g/mol. The molecule has 0 N–H and O–H groups in total. The lowest BCUT2D eigenvalue weighted by Gasteiger charge is -2.50. The Morgan fingerprint density at radius 1 is 1.06 bits per heavy atom. The Balaban J connectivity index is 1.14. The summed E-state index contributed by atoms with van der Waals surface area (Å²) < 4.78 is 17.9. The van der Waals surface area contributed by atoms with Gasteiger partial charge in [0.15, 0.2) is 0 Å². The molecule has 5 fully saturated rings. The zero-order valence-corrected chi connectivity index (χ0v) is 19.6. The largest absolute Gasteiger partial charge is 0.497 e. The van der Waals surface area contributed by atoms with Gasteiger partial charge in [0, 0.05) is 50.2 Å². The third-order valence-electron chi connectivity index (χ3n) is 9.36. The van der Waals surface area contributed by atoms with E-state index in [1.54, 1.807) is 7.11 Å². The first kappa shape index (κ1) is 20.8. The van der Waals surface area contributed by atoms with Crippen molar-refractivity contribution in [2.75, 3.05) is 44.7 Å². The normalized spacial score (nSPS) is 43.2. The van der Waals surface area contributed by atoms with Gasteiger partial charge in [-0.25, -0.2) is 0 Å². The molecule has 1 aromatic carbocycles. The molecule has 32 heavy (non-hydrogen) atoms. The van der Waals surface area contributed by atoms with Gasteiger partial charge in [-0.3, -0.25) is 9.69 Å². The Hall–Kier alpha value is -1.79. The minimum atomic E-state index is -0.364. The Morgan fingerprint density at radius 2 is 1.81 bits per heavy atom. The topological polar surface area (TPSA) is 54.5 Å². The summed E-state index contributed by atoms with van der Waals surface area (Å²) >= 11 is 0. The highest BCUT2D eigenvalue weighted by Gasteiger charge is 2.77. The van der Waals surface area contributed by atoms with Crippen LogP contribution >= 0.6 is 0 Å². The number of hydrogen-bond acceptors (Lipinski definition) is 6. The van der Waals surface area contributed by atoms with E-state index in [2.05, 4.69) is 35.8 Å². The first-order valence-electron chi connectivity index (χ1n) is 12.5. The number of piperazine rings is 1. The zero-order chi connectivity index (χ0) is 22.1. The van der Waals surface area contributed by atoms with Crippen LogP contribution in [0.15, 0.2) is 24.3 Å². The molecule has 5 aliphatic rings. The molecule has 0 amide bonds. The second kappa shape index (κ2) is 7.36. The van der Waals surface area contributed by atoms with Crippen molar-refractivity contribution < 1.29 is 19.0 Å². The van der Waals surface area contributed by atoms with Gasteiger partial charge in [0.25, 0.3) is 0 Å². The number of carbonyl (C=O) groups excluding carboxylic acids is 1. The lowest BCUT2D eigenvalue weighted by Crippen LogP contribution is -2.58. The fourth-order valence-corrected chi connectivity index (χ4v) is 7.52. The number of benzene rings is 1. The van der Waals surface area contributed by atoms with Crippen molar-refractivity contribution in [3.05, 3.63) is 24.3 Å². The van der Waals surface area contributed by atoms with Crippen LogP contribution in [0.25, 0.3) is 0 Å². The van der Waals surface area contributed by atoms with E-state index in [4.69, 9.17) is 14.2 Å². The SMILES string of the molecule is COc1ccc(N2CCN(C[C@H]3C(=O)O[C@]45[C@@H]3CC[C@H](C)[C@@H]4CC[C@]3(C)O[C@@H]53)CC2)cc1. The monoisotopic (exact) mass is 440 g/mol. The Morgan fingerprint density at radius 3 is 2.53 bits per heavy atom. The highest BCUT2D eigenvalue weighted by molar-refractivity contribution is 5.77. The maximum absolute atomic E-state index is 13.3. The van der Waals surface area contributed by atoms with E-state index in [1.807, 2.05) is 12.1 Å². The molecule has 0 aromatic heterocycles. The van der Waals surface area contributed by atoms with Crippen molar-refractivity contribution in [2.24, 2.45) is 23.7 Å². The van der Waals surface area contributed by atoms with Crippen LogP contribution in [0.1, 0.15) is 39.5 Å². The lowest BCUT2D eigenvalue weighted by atomic mass is 9.55. The van der Waals surface area contributed by atoms with Gasteiger partial charge in [0.2, 0.25) is 0 Å². The molecule has 6 heteroatoms. The standard InChI is InChI=1S/C26H36N2O4/c1-17-4-9-22-20(23(29)31-26(22)21(17)10-11-25(2)24(26)32-25)16-27-12-14-28(15-13-27)18-5-7-19(30-3)8-6-18/h5-8,17,20-22,24H,4,9-16H2,1-3H3/t17-,20+,21-,22+,24+,25-,26-/m0/s1. The number of anilines is 1. The maximum Gasteiger partial charge on any atom is 0.311 e. The van der Waals surface area contributed by atoms with Crippen molar-refractivity contribution >= 4 is 11.7 Å². The predicted octanol–water partition coefficient (Wildman–Crippen LogP) is 3.34. The first-order chi connectivity index (χ1) is 15.4. The molecule has 2 saturated carbocycles. The first-order valence-corrected chi connectivity index (χ1v) is 12.5. The molecule has 174 valence electrons. The van der Waals surface area contributed by atoms with Crippen molar-refractivity contribution in [1.29, 1.82) is 0 Å². The molecule has 2 aliphatic carbocycles. The molecule has 3 aliphatic heterocycles. The molecule has 0 radical (unpaired) electrons. The van der Waals surface area contributed by atoms with Crippen molar-refractivity contribution in [1.82, 2.24) is 4.90 Å². The van der Waals surface area contributed by atoms with E-state index in [-0.39, 0.29) is 29.2 Å². The van der Waals surface area contributed by atoms with Crippen molar-refractivity contribution in [2.45, 2.75) is 56.8 Å². The third-order valence-corrected chi connectivity index (χ3v) is 9.36. The molecule has 1 spiro atoms. The summed E-state index contributed by atoms with van der Waals surface area (Å²) in [4.78, 5) is 18.2. The highest BCUT2D eigenvalue weighted by atomic mass is 16.7. The fraction of sp³-hybridized carbons (Fsp3) is 0.731. The summed E-state index contributed by atoms with van der Waals surface area (Å²) in [6.07, 6.45) is 4.65. The molecule has 3 saturated heterocycles. The number of carbonyl (C=O) groups is 1. The molecule has 3 heterocycles. The van der Waals surface area contributed by atoms with E-state index in [0.29, 0.717) is 17.8 Å². The van der Waals surface area contributed by atoms with Crippen LogP contribution < -0.4 is 9.64 Å². The zero-order valence-electron chi connectivity index (χ0n) is 19.6. The molecule has 0 unspecified atom stereocenters. The molecular weight excluding hydrogens is 404 g/mol. The maximum atomic E-state index is 13.3. The van der Waals surface area contributed by atoms with Gasteiger partial charge < -0.3 is 19.1 Å². The van der Waals surface area contributed by atoms with Crippen LogP contribution in [0, 0.1) is 23.7 Å². The van der Waals surface area contributed by atoms with Gasteiger partial charge in [-0.15, -0.1) is 0 Å². The molecule has 1 aromatic rings. The summed E-state index contributed by atoms with van der Waals surface area (Å²) in [5.74, 6) is 2.29. The smallest absolute Gasteiger partial charge is 0.311 e. The molecule has 7 atom stereocenters. The second-order valence-corrected chi connectivity index (χ2v) is 11.0. The summed E-state index contributed by atoms with van der Waals surface area (Å²) in [6, 6.07) is 8.30. The Kier molecular flexibility index (Phi) is 4.78. The van der Waals surface area contributed by atoms with E-state index >= 15 is 0 Å². The summed E-state index contributed by atoms with van der Waals surface area (Å²) in [5.41, 5.74) is 0.809. The molecule has 6 nitrogen and oxygen atoms in total. The number of rotatable bonds is 4. The molecule has 0 bridgehead atoms. The van der Waals surface area contributed by atoms with Gasteiger partial charge in [-0.2, -0.15) is 0 Å². The minimum absolute atomic E-state index is 0.0101. The van der Waals surface area contributed by atoms with Crippen molar-refractivity contribution in [3.8, 4) is 5.75 Å². The highest BCUT2D eigenvalue weighted by Crippen LogP contribution is 2.66. The van der Waals surface area contributed by atoms with Crippen molar-refractivity contribution in [3.63, 3.8) is 0 Å². The number of hydrogen-bond donors (Lipinski definition) is 0. The summed E-state index contributed by atoms with van der Waals surface area (Å²) in [5, 5.41) is 0. The summed E-state index contributed by atoms with van der Waals surface area (Å²) in [7, 11) is 1.70. The fourth-order valence-electron chi connectivity index (χ4n) is 7.52. The van der Waals surface area contributed by atoms with E-state index < -0.39 is 0 Å². The third kappa shape index (κ3) is 3.02. The lowest BCUT2D eigenvalue weighted by molar-refractivity contribution is -0.168. The number of fused-ring (bicyclic) bond motifs is 1. The number of epoxide rings is 1. The van der Waals surface area contributed by atoms with Crippen LogP contribution in [0.3, 0.4) is 0 Å². The molecule has 6 rings (SSSR count). The number of methoxy groups -OCH3 is 1. The minimum Gasteiger partial charge on any atom is -0.497 e. The van der Waals surface area contributed by atoms with Gasteiger partial charge in [-0.1, -0.05) is 6.92 Å². The number of esters is 1. The van der Waals surface area contributed by atoms with Crippen LogP contribution in [0.4, 0.5) is 5.69 Å². The van der Waals surface area contributed by atoms with Crippen LogP contribution in [0.2, 0.25) is 0 Å². The molecular formula is C26H36N2O4. The summed E-state index contributed by atoms with van der Waals surface area (Å²) in [6.45, 7) is 9.32. The van der Waals surface area contributed by atoms with Gasteiger partial charge >= 0.3 is 5.97 Å². The quantitative estimate of drug-likeness (QED) is 0.529. The average Bonchev–Trinajstić information content (AvgIpc) is 3.44. The number of nitrogens with zero attached hydrogens (tertiary/aromatic N) is 2. The van der Waals surface area contributed by atoms with E-state index in [9.17, 15) is 4.79 Å². The van der Waals surface area contributed by atoms with E-state index in [0.717, 1.165) is 57.7 Å². The predicted molar refractivity (Wildman–Crippen MR) is 122 cm³/mol. The van der Waals surface area contributed by atoms with Crippen LogP contribution in [-0.2, 0) is 14.3 Å². The van der Waals surface area contributed by atoms with Gasteiger partial charge in [0.1, 0.15) is 17.5 Å². The Labute approximate surface area is 191 Å². The second-order valence-electron chi connectivity index (χ2n) is 11.0. The van der Waals surface area contributed by atoms with Gasteiger partial charge in [-0.05, 0) is 62.8 Å². The van der Waals surface area contributed by atoms with Gasteiger partial charge in [0.05, 0.1) is 18.6 Å². The Bertz CT molecular complexity index is 882. The van der Waals surface area contributed by atoms with E-state index in [1.165, 1.54) is 12.1 Å². The van der Waals surface area contributed by atoms with Crippen LogP contribution in [-0.4, -0.2) is 68.0 Å². The van der Waals surface area contributed by atoms with Crippen LogP contribution in [0.5, 0.6) is 5.75 Å². The number of ether oxygens (including phenoxy) is 3.